The van der Waals surface area contributed by atoms with Gasteiger partial charge in [-0.15, -0.1) is 11.3 Å². The number of aliphatic hydroxyl groups excluding tert-OH is 1. The van der Waals surface area contributed by atoms with Gasteiger partial charge in [-0.3, -0.25) is 9.79 Å². The van der Waals surface area contributed by atoms with Crippen molar-refractivity contribution >= 4 is 41.9 Å². The summed E-state index contributed by atoms with van der Waals surface area (Å²) in [6.07, 6.45) is 3.38. The molecular weight excluding hydrogens is 442 g/mol. The maximum Gasteiger partial charge on any atom is 0.255 e. The second-order valence-corrected chi connectivity index (χ2v) is 7.84. The summed E-state index contributed by atoms with van der Waals surface area (Å²) < 4.78 is 16.8. The van der Waals surface area contributed by atoms with Crippen LogP contribution in [0.1, 0.15) is 22.8 Å². The molecule has 0 spiro atoms. The molecule has 33 heavy (non-hydrogen) atoms. The first-order valence-corrected chi connectivity index (χ1v) is 10.8. The number of benzene rings is 2. The average molecular weight is 468 g/mol. The summed E-state index contributed by atoms with van der Waals surface area (Å²) in [5.41, 5.74) is 2.21. The quantitative estimate of drug-likeness (QED) is 0.494. The van der Waals surface area contributed by atoms with Gasteiger partial charge < -0.3 is 24.6 Å². The minimum atomic E-state index is -0.376. The second-order valence-electron chi connectivity index (χ2n) is 6.81. The summed E-state index contributed by atoms with van der Waals surface area (Å²) in [4.78, 5) is 21.6. The molecule has 0 atom stereocenters. The average Bonchev–Trinajstić information content (AvgIpc) is 3.21. The molecule has 0 aliphatic carbocycles. The van der Waals surface area contributed by atoms with Crippen molar-refractivity contribution in [2.45, 2.75) is 13.5 Å². The molecule has 0 bridgehead atoms. The number of rotatable bonds is 8. The van der Waals surface area contributed by atoms with Crippen LogP contribution in [0.2, 0.25) is 0 Å². The van der Waals surface area contributed by atoms with E-state index in [9.17, 15) is 9.90 Å². The van der Waals surface area contributed by atoms with Crippen LogP contribution in [0, 0.1) is 0 Å². The topological polar surface area (TPSA) is 102 Å². The van der Waals surface area contributed by atoms with E-state index in [4.69, 9.17) is 14.2 Å². The van der Waals surface area contributed by atoms with E-state index in [1.807, 2.05) is 13.0 Å². The molecule has 1 aromatic heterocycles. The lowest BCUT2D eigenvalue weighted by molar-refractivity contribution is 0.102. The zero-order chi connectivity index (χ0) is 24.0. The summed E-state index contributed by atoms with van der Waals surface area (Å²) in [5.74, 6) is 0.764. The van der Waals surface area contributed by atoms with Gasteiger partial charge in [-0.2, -0.15) is 0 Å². The number of methoxy groups -OCH3 is 3. The Bertz CT molecular complexity index is 1270. The molecule has 0 aliphatic heterocycles. The number of thiazole rings is 1. The van der Waals surface area contributed by atoms with Crippen molar-refractivity contribution in [1.82, 2.24) is 4.98 Å². The number of aromatic nitrogens is 1. The molecule has 1 amide bonds. The molecule has 0 saturated heterocycles. The molecule has 2 N–H and O–H groups in total. The van der Waals surface area contributed by atoms with Crippen LogP contribution >= 0.6 is 11.3 Å². The maximum atomic E-state index is 13.0. The highest BCUT2D eigenvalue weighted by Crippen LogP contribution is 2.38. The molecule has 172 valence electrons. The lowest BCUT2D eigenvalue weighted by atomic mass is 10.1. The fraction of sp³-hybridized carbons (Fsp3) is 0.208. The van der Waals surface area contributed by atoms with Crippen molar-refractivity contribution in [2.24, 2.45) is 4.99 Å². The molecule has 0 saturated carbocycles. The number of aliphatic imine (C=N–C) groups is 1. The van der Waals surface area contributed by atoms with Crippen molar-refractivity contribution in [1.29, 1.82) is 0 Å². The maximum absolute atomic E-state index is 13.0. The molecular formula is C24H25N3O5S. The third kappa shape index (κ3) is 5.39. The summed E-state index contributed by atoms with van der Waals surface area (Å²) in [7, 11) is 4.46. The number of ether oxygens (including phenoxy) is 3. The normalized spacial score (nSPS) is 11.6. The molecule has 0 aliphatic rings. The predicted molar refractivity (Wildman–Crippen MR) is 131 cm³/mol. The Morgan fingerprint density at radius 3 is 2.42 bits per heavy atom. The van der Waals surface area contributed by atoms with Gasteiger partial charge in [-0.25, -0.2) is 4.98 Å². The number of amides is 1. The highest BCUT2D eigenvalue weighted by atomic mass is 32.1. The van der Waals surface area contributed by atoms with Crippen molar-refractivity contribution < 1.29 is 24.1 Å². The van der Waals surface area contributed by atoms with Crippen LogP contribution in [-0.2, 0) is 6.61 Å². The molecule has 0 radical (unpaired) electrons. The van der Waals surface area contributed by atoms with Crippen LogP contribution in [0.3, 0.4) is 0 Å². The number of hydrogen-bond acceptors (Lipinski definition) is 8. The third-order valence-corrected chi connectivity index (χ3v) is 5.76. The van der Waals surface area contributed by atoms with Crippen molar-refractivity contribution in [2.75, 3.05) is 26.6 Å². The third-order valence-electron chi connectivity index (χ3n) is 4.68. The van der Waals surface area contributed by atoms with E-state index in [0.717, 1.165) is 10.1 Å². The standard InChI is InChI=1S/C24H25N3O5S/c1-6-25-12-21-14(2)26-24(33-21)17-7-15(13-28)8-18(9-17)27-23(29)16-10-19(30-3)22(32-5)20(11-16)31-4/h6-12,28H,2,13H2,1,3-5H3,(H,27,29)/b21-12+,25-6?. The first-order valence-electron chi connectivity index (χ1n) is 9.94. The van der Waals surface area contributed by atoms with Gasteiger partial charge in [0.05, 0.1) is 37.8 Å². The smallest absolute Gasteiger partial charge is 0.255 e. The number of nitrogens with zero attached hydrogens (tertiary/aromatic N) is 2. The number of carbonyl (C=O) groups is 1. The summed E-state index contributed by atoms with van der Waals surface area (Å²) in [6.45, 7) is 5.60. The monoisotopic (exact) mass is 467 g/mol. The number of carbonyl (C=O) groups excluding carboxylic acids is 1. The van der Waals surface area contributed by atoms with Crippen LogP contribution in [0.4, 0.5) is 5.69 Å². The van der Waals surface area contributed by atoms with Gasteiger partial charge in [-0.1, -0.05) is 6.58 Å². The summed E-state index contributed by atoms with van der Waals surface area (Å²) in [6, 6.07) is 8.45. The van der Waals surface area contributed by atoms with Gasteiger partial charge in [0.15, 0.2) is 11.5 Å². The molecule has 3 aromatic rings. The van der Waals surface area contributed by atoms with E-state index in [1.54, 1.807) is 36.7 Å². The van der Waals surface area contributed by atoms with Crippen LogP contribution in [0.5, 0.6) is 17.2 Å². The van der Waals surface area contributed by atoms with Gasteiger partial charge >= 0.3 is 0 Å². The number of hydrogen-bond donors (Lipinski definition) is 2. The number of nitrogens with one attached hydrogen (secondary N) is 1. The molecule has 0 unspecified atom stereocenters. The molecule has 1 heterocycles. The Labute approximate surface area is 195 Å². The molecule has 2 aromatic carbocycles. The van der Waals surface area contributed by atoms with Crippen LogP contribution in [0.15, 0.2) is 35.3 Å². The van der Waals surface area contributed by atoms with Crippen LogP contribution in [0.25, 0.3) is 23.3 Å². The SMILES string of the molecule is C=c1nc(-c2cc(CO)cc(NC(=O)c3cc(OC)c(OC)c(OC)c3)c2)s/c1=C/N=CC. The van der Waals surface area contributed by atoms with Crippen molar-refractivity contribution in [3.8, 4) is 27.8 Å². The van der Waals surface area contributed by atoms with E-state index in [-0.39, 0.29) is 12.5 Å². The van der Waals surface area contributed by atoms with Gasteiger partial charge in [0.25, 0.3) is 5.91 Å². The summed E-state index contributed by atoms with van der Waals surface area (Å²) >= 11 is 1.43. The summed E-state index contributed by atoms with van der Waals surface area (Å²) in [5, 5.41) is 13.9. The lowest BCUT2D eigenvalue weighted by Crippen LogP contribution is -2.17. The lowest BCUT2D eigenvalue weighted by Gasteiger charge is -2.14. The van der Waals surface area contributed by atoms with Crippen molar-refractivity contribution in [3.05, 3.63) is 51.3 Å². The zero-order valence-electron chi connectivity index (χ0n) is 18.8. The highest BCUT2D eigenvalue weighted by molar-refractivity contribution is 7.13. The predicted octanol–water partition coefficient (Wildman–Crippen LogP) is 2.82. The van der Waals surface area contributed by atoms with Crippen LogP contribution < -0.4 is 29.4 Å². The fourth-order valence-electron chi connectivity index (χ4n) is 3.12. The number of anilines is 1. The minimum absolute atomic E-state index is 0.192. The van der Waals surface area contributed by atoms with Gasteiger partial charge in [0, 0.05) is 29.2 Å². The van der Waals surface area contributed by atoms with E-state index >= 15 is 0 Å². The Hall–Kier alpha value is -3.69. The first kappa shape index (κ1) is 24.0. The van der Waals surface area contributed by atoms with Gasteiger partial charge in [-0.05, 0) is 42.8 Å². The van der Waals surface area contributed by atoms with E-state index in [1.165, 1.54) is 32.7 Å². The van der Waals surface area contributed by atoms with E-state index in [0.29, 0.717) is 44.4 Å². The first-order chi connectivity index (χ1) is 15.9. The molecule has 0 fully saturated rings. The van der Waals surface area contributed by atoms with Gasteiger partial charge in [0.1, 0.15) is 5.01 Å². The molecule has 3 rings (SSSR count). The van der Waals surface area contributed by atoms with E-state index in [2.05, 4.69) is 21.9 Å². The Morgan fingerprint density at radius 2 is 1.85 bits per heavy atom. The number of aliphatic hydroxyl groups is 1. The Morgan fingerprint density at radius 1 is 1.15 bits per heavy atom. The van der Waals surface area contributed by atoms with Gasteiger partial charge in [0.2, 0.25) is 5.75 Å². The Balaban J connectivity index is 1.98. The largest absolute Gasteiger partial charge is 0.493 e. The van der Waals surface area contributed by atoms with Crippen molar-refractivity contribution in [3.63, 3.8) is 0 Å². The fourth-order valence-corrected chi connectivity index (χ4v) is 4.00. The van der Waals surface area contributed by atoms with E-state index < -0.39 is 0 Å². The molecule has 9 heteroatoms. The zero-order valence-corrected chi connectivity index (χ0v) is 19.7. The van der Waals surface area contributed by atoms with Crippen LogP contribution in [-0.4, -0.2) is 43.5 Å². The minimum Gasteiger partial charge on any atom is -0.493 e. The molecule has 8 nitrogen and oxygen atoms in total. The Kier molecular flexibility index (Phi) is 7.81. The second kappa shape index (κ2) is 10.8. The highest BCUT2D eigenvalue weighted by Gasteiger charge is 2.18.